The van der Waals surface area contributed by atoms with Gasteiger partial charge >= 0.3 is 5.69 Å². The maximum absolute atomic E-state index is 12.1. The second-order valence-electron chi connectivity index (χ2n) is 5.44. The highest BCUT2D eigenvalue weighted by Gasteiger charge is 2.26. The zero-order chi connectivity index (χ0) is 15.8. The summed E-state index contributed by atoms with van der Waals surface area (Å²) in [6, 6.07) is 7.06. The molecule has 0 fully saturated rings. The van der Waals surface area contributed by atoms with Gasteiger partial charge in [-0.25, -0.2) is 4.79 Å². The van der Waals surface area contributed by atoms with Crippen LogP contribution >= 0.6 is 15.9 Å². The molecule has 112 valence electrons. The number of hydrogen-bond donors (Lipinski definition) is 2. The summed E-state index contributed by atoms with van der Waals surface area (Å²) >= 11 is 3.36. The molecular weight excluding hydrogens is 336 g/mol. The lowest BCUT2D eigenvalue weighted by atomic mass is 10.0. The Kier molecular flexibility index (Phi) is 4.09. The van der Waals surface area contributed by atoms with Crippen molar-refractivity contribution in [2.24, 2.45) is 0 Å². The van der Waals surface area contributed by atoms with E-state index in [0.717, 1.165) is 0 Å². The summed E-state index contributed by atoms with van der Waals surface area (Å²) in [6.07, 6.45) is 0.627. The van der Waals surface area contributed by atoms with E-state index in [0.29, 0.717) is 16.5 Å². The van der Waals surface area contributed by atoms with Crippen LogP contribution in [-0.4, -0.2) is 14.7 Å². The van der Waals surface area contributed by atoms with Crippen molar-refractivity contribution >= 4 is 15.9 Å². The second kappa shape index (κ2) is 5.52. The van der Waals surface area contributed by atoms with Crippen LogP contribution < -0.4 is 11.2 Å². The molecule has 6 heteroatoms. The molecule has 0 amide bonds. The molecule has 0 saturated carbocycles. The highest BCUT2D eigenvalue weighted by Crippen LogP contribution is 2.33. The van der Waals surface area contributed by atoms with Gasteiger partial charge in [0.05, 0.1) is 0 Å². The van der Waals surface area contributed by atoms with E-state index in [1.54, 1.807) is 18.2 Å². The molecule has 0 radical (unpaired) electrons. The maximum atomic E-state index is 12.1. The molecule has 0 bridgehead atoms. The molecule has 2 N–H and O–H groups in total. The molecule has 5 nitrogen and oxygen atoms in total. The Morgan fingerprint density at radius 2 is 1.90 bits per heavy atom. The third kappa shape index (κ3) is 2.68. The van der Waals surface area contributed by atoms with Crippen molar-refractivity contribution in [1.82, 2.24) is 9.55 Å². The Morgan fingerprint density at radius 1 is 1.29 bits per heavy atom. The fourth-order valence-corrected chi connectivity index (χ4v) is 2.63. The molecule has 0 aliphatic heterocycles. The van der Waals surface area contributed by atoms with Crippen molar-refractivity contribution in [2.75, 3.05) is 0 Å². The van der Waals surface area contributed by atoms with E-state index in [2.05, 4.69) is 20.9 Å². The third-order valence-electron chi connectivity index (χ3n) is 3.70. The Hall–Kier alpha value is -1.82. The molecule has 0 unspecified atom stereocenters. The fourth-order valence-electron chi connectivity index (χ4n) is 2.15. The van der Waals surface area contributed by atoms with Crippen molar-refractivity contribution in [3.63, 3.8) is 0 Å². The monoisotopic (exact) mass is 352 g/mol. The Bertz CT molecular complexity index is 790. The fraction of sp³-hybridized carbons (Fsp3) is 0.333. The molecule has 1 aromatic carbocycles. The molecule has 0 aliphatic carbocycles. The number of nitrogens with zero attached hydrogens (tertiary/aromatic N) is 1. The lowest BCUT2D eigenvalue weighted by Gasteiger charge is -2.27. The number of rotatable bonds is 3. The molecule has 2 rings (SSSR count). The molecule has 1 heterocycles. The Labute approximate surface area is 130 Å². The van der Waals surface area contributed by atoms with Gasteiger partial charge in [-0.2, -0.15) is 0 Å². The van der Waals surface area contributed by atoms with Crippen LogP contribution in [0.3, 0.4) is 0 Å². The summed E-state index contributed by atoms with van der Waals surface area (Å²) in [5.41, 5.74) is -1.20. The quantitative estimate of drug-likeness (QED) is 0.891. The van der Waals surface area contributed by atoms with E-state index >= 15 is 0 Å². The number of hydrogen-bond acceptors (Lipinski definition) is 3. The van der Waals surface area contributed by atoms with Gasteiger partial charge in [-0.3, -0.25) is 14.3 Å². The summed E-state index contributed by atoms with van der Waals surface area (Å²) in [5, 5.41) is 10.5. The first kappa shape index (κ1) is 15.6. The van der Waals surface area contributed by atoms with Gasteiger partial charge < -0.3 is 5.11 Å². The molecule has 2 aromatic rings. The lowest BCUT2D eigenvalue weighted by molar-refractivity contribution is 0.277. The van der Waals surface area contributed by atoms with Crippen molar-refractivity contribution < 1.29 is 5.11 Å². The second-order valence-corrected chi connectivity index (χ2v) is 6.29. The zero-order valence-electron chi connectivity index (χ0n) is 12.1. The number of aromatic amines is 1. The van der Waals surface area contributed by atoms with Crippen LogP contribution in [0, 0.1) is 0 Å². The van der Waals surface area contributed by atoms with Gasteiger partial charge in [0.25, 0.3) is 5.56 Å². The highest BCUT2D eigenvalue weighted by molar-refractivity contribution is 9.10. The van der Waals surface area contributed by atoms with Crippen molar-refractivity contribution in [1.29, 1.82) is 0 Å². The average Bonchev–Trinajstić information content (AvgIpc) is 2.40. The predicted octanol–water partition coefficient (Wildman–Crippen LogP) is 2.82. The molecule has 0 saturated heterocycles. The summed E-state index contributed by atoms with van der Waals surface area (Å²) in [6.45, 7) is 5.57. The Balaban J connectivity index is 2.87. The molecule has 0 aliphatic rings. The minimum atomic E-state index is -0.611. The smallest absolute Gasteiger partial charge is 0.331 e. The van der Waals surface area contributed by atoms with Gasteiger partial charge in [0, 0.05) is 15.6 Å². The van der Waals surface area contributed by atoms with Crippen molar-refractivity contribution in [3.05, 3.63) is 49.6 Å². The number of halogens is 1. The van der Waals surface area contributed by atoms with Crippen LogP contribution in [0.2, 0.25) is 0 Å². The van der Waals surface area contributed by atoms with Crippen LogP contribution in [0.15, 0.2) is 38.3 Å². The van der Waals surface area contributed by atoms with Crippen LogP contribution in [0.4, 0.5) is 0 Å². The molecule has 0 atom stereocenters. The zero-order valence-corrected chi connectivity index (χ0v) is 13.7. The van der Waals surface area contributed by atoms with Crippen LogP contribution in [0.25, 0.3) is 11.1 Å². The van der Waals surface area contributed by atoms with Crippen LogP contribution in [0.1, 0.15) is 27.2 Å². The van der Waals surface area contributed by atoms with Gasteiger partial charge in [-0.15, -0.1) is 0 Å². The SMILES string of the molecule is CCC(C)(C)n1c(O)c(-c2ccccc2Br)c(=O)[nH]c1=O. The van der Waals surface area contributed by atoms with Gasteiger partial charge in [0.2, 0.25) is 5.88 Å². The largest absolute Gasteiger partial charge is 0.494 e. The topological polar surface area (TPSA) is 75.1 Å². The van der Waals surface area contributed by atoms with E-state index in [4.69, 9.17) is 0 Å². The number of aromatic hydroxyl groups is 1. The highest BCUT2D eigenvalue weighted by atomic mass is 79.9. The minimum Gasteiger partial charge on any atom is -0.494 e. The average molecular weight is 353 g/mol. The maximum Gasteiger partial charge on any atom is 0.331 e. The molecular formula is C15H17BrN2O3. The number of nitrogens with one attached hydrogen (secondary N) is 1. The third-order valence-corrected chi connectivity index (χ3v) is 4.39. The first-order valence-corrected chi connectivity index (χ1v) is 7.42. The first-order chi connectivity index (χ1) is 9.79. The lowest BCUT2D eigenvalue weighted by Crippen LogP contribution is -2.40. The van der Waals surface area contributed by atoms with E-state index < -0.39 is 16.8 Å². The summed E-state index contributed by atoms with van der Waals surface area (Å²) in [4.78, 5) is 26.5. The van der Waals surface area contributed by atoms with Crippen LogP contribution in [0.5, 0.6) is 5.88 Å². The van der Waals surface area contributed by atoms with Crippen molar-refractivity contribution in [3.8, 4) is 17.0 Å². The summed E-state index contributed by atoms with van der Waals surface area (Å²) in [5.74, 6) is -0.317. The normalized spacial score (nSPS) is 11.6. The number of aromatic nitrogens is 2. The van der Waals surface area contributed by atoms with E-state index in [-0.39, 0.29) is 11.4 Å². The number of H-pyrrole nitrogens is 1. The minimum absolute atomic E-state index is 0.0867. The van der Waals surface area contributed by atoms with Crippen molar-refractivity contribution in [2.45, 2.75) is 32.7 Å². The van der Waals surface area contributed by atoms with Gasteiger partial charge in [0.1, 0.15) is 5.56 Å². The standard InChI is InChI=1S/C15H17BrN2O3/c1-4-15(2,3)18-13(20)11(12(19)17-14(18)21)9-7-5-6-8-10(9)16/h5-8,20H,4H2,1-3H3,(H,17,19,21). The van der Waals surface area contributed by atoms with Crippen LogP contribution in [-0.2, 0) is 5.54 Å². The number of benzene rings is 1. The van der Waals surface area contributed by atoms with Gasteiger partial charge in [0.15, 0.2) is 0 Å². The molecule has 1 aromatic heterocycles. The van der Waals surface area contributed by atoms with Gasteiger partial charge in [-0.05, 0) is 26.3 Å². The summed E-state index contributed by atoms with van der Waals surface area (Å²) in [7, 11) is 0. The predicted molar refractivity (Wildman–Crippen MR) is 85.7 cm³/mol. The Morgan fingerprint density at radius 3 is 2.48 bits per heavy atom. The molecule has 0 spiro atoms. The molecule has 21 heavy (non-hydrogen) atoms. The van der Waals surface area contributed by atoms with E-state index in [1.807, 2.05) is 26.8 Å². The van der Waals surface area contributed by atoms with E-state index in [9.17, 15) is 14.7 Å². The van der Waals surface area contributed by atoms with E-state index in [1.165, 1.54) is 4.57 Å². The van der Waals surface area contributed by atoms with Gasteiger partial charge in [-0.1, -0.05) is 41.1 Å². The summed E-state index contributed by atoms with van der Waals surface area (Å²) < 4.78 is 1.90. The first-order valence-electron chi connectivity index (χ1n) is 6.63.